The van der Waals surface area contributed by atoms with Crippen LogP contribution in [0.4, 0.5) is 5.69 Å². The molecule has 0 bridgehead atoms. The summed E-state index contributed by atoms with van der Waals surface area (Å²) in [7, 11) is 0. The van der Waals surface area contributed by atoms with Gasteiger partial charge in [-0.1, -0.05) is 18.2 Å². The second-order valence-electron chi connectivity index (χ2n) is 6.28. The lowest BCUT2D eigenvalue weighted by atomic mass is 10.2. The summed E-state index contributed by atoms with van der Waals surface area (Å²) in [6.07, 6.45) is 0.988. The van der Waals surface area contributed by atoms with Crippen molar-refractivity contribution in [1.29, 1.82) is 0 Å². The van der Waals surface area contributed by atoms with Crippen LogP contribution in [0, 0.1) is 3.57 Å². The lowest BCUT2D eigenvalue weighted by Gasteiger charge is -2.36. The molecule has 1 saturated heterocycles. The first-order valence-electron chi connectivity index (χ1n) is 8.78. The first-order chi connectivity index (χ1) is 12.2. The highest BCUT2D eigenvalue weighted by molar-refractivity contribution is 14.1. The third-order valence-corrected chi connectivity index (χ3v) is 5.26. The van der Waals surface area contributed by atoms with Crippen molar-refractivity contribution >= 4 is 34.2 Å². The van der Waals surface area contributed by atoms with Gasteiger partial charge in [0.05, 0.1) is 0 Å². The molecule has 4 nitrogen and oxygen atoms in total. The molecule has 1 N–H and O–H groups in total. The fourth-order valence-corrected chi connectivity index (χ4v) is 3.44. The molecular weight excluding hydrogens is 425 g/mol. The number of amides is 1. The van der Waals surface area contributed by atoms with Gasteiger partial charge in [-0.3, -0.25) is 9.69 Å². The highest BCUT2D eigenvalue weighted by Crippen LogP contribution is 2.15. The number of rotatable bonds is 6. The second-order valence-corrected chi connectivity index (χ2v) is 7.53. The van der Waals surface area contributed by atoms with Gasteiger partial charge in [0.25, 0.3) is 5.91 Å². The molecule has 132 valence electrons. The summed E-state index contributed by atoms with van der Waals surface area (Å²) in [6.45, 7) is 6.07. The van der Waals surface area contributed by atoms with Gasteiger partial charge in [-0.2, -0.15) is 0 Å². The number of benzene rings is 2. The molecule has 0 saturated carbocycles. The zero-order valence-electron chi connectivity index (χ0n) is 14.3. The summed E-state index contributed by atoms with van der Waals surface area (Å²) in [4.78, 5) is 17.0. The van der Waals surface area contributed by atoms with Crippen molar-refractivity contribution in [3.05, 3.63) is 63.7 Å². The predicted molar refractivity (Wildman–Crippen MR) is 111 cm³/mol. The normalized spacial score (nSPS) is 15.2. The number of piperazine rings is 1. The smallest absolute Gasteiger partial charge is 0.251 e. The first kappa shape index (κ1) is 18.2. The van der Waals surface area contributed by atoms with E-state index >= 15 is 0 Å². The fourth-order valence-electron chi connectivity index (χ4n) is 3.08. The van der Waals surface area contributed by atoms with Gasteiger partial charge in [0.1, 0.15) is 0 Å². The maximum Gasteiger partial charge on any atom is 0.251 e. The van der Waals surface area contributed by atoms with Crippen LogP contribution in [0.1, 0.15) is 16.8 Å². The van der Waals surface area contributed by atoms with Gasteiger partial charge in [0.2, 0.25) is 0 Å². The second kappa shape index (κ2) is 9.20. The highest BCUT2D eigenvalue weighted by Gasteiger charge is 2.16. The Morgan fingerprint density at radius 3 is 2.32 bits per heavy atom. The van der Waals surface area contributed by atoms with Gasteiger partial charge in [0, 0.05) is 47.5 Å². The summed E-state index contributed by atoms with van der Waals surface area (Å²) < 4.78 is 1.14. The van der Waals surface area contributed by atoms with Crippen molar-refractivity contribution in [2.75, 3.05) is 44.2 Å². The van der Waals surface area contributed by atoms with Gasteiger partial charge in [-0.05, 0) is 72.0 Å². The predicted octanol–water partition coefficient (Wildman–Crippen LogP) is 3.23. The van der Waals surface area contributed by atoms with Crippen LogP contribution in [0.15, 0.2) is 54.6 Å². The average Bonchev–Trinajstić information content (AvgIpc) is 2.67. The molecule has 1 aliphatic rings. The lowest BCUT2D eigenvalue weighted by molar-refractivity contribution is 0.0951. The van der Waals surface area contributed by atoms with E-state index in [9.17, 15) is 4.79 Å². The molecule has 0 unspecified atom stereocenters. The molecule has 1 heterocycles. The Hall–Kier alpha value is -1.60. The standard InChI is InChI=1S/C20H24IN3O/c21-18-9-7-17(8-10-18)20(25)22-11-4-12-23-13-15-24(16-14-23)19-5-2-1-3-6-19/h1-3,5-10H,4,11-16H2,(H,22,25). The summed E-state index contributed by atoms with van der Waals surface area (Å²) in [5.41, 5.74) is 2.05. The molecule has 0 atom stereocenters. The summed E-state index contributed by atoms with van der Waals surface area (Å²) in [5, 5.41) is 3.01. The Bertz CT molecular complexity index is 667. The molecule has 0 aliphatic carbocycles. The third kappa shape index (κ3) is 5.44. The van der Waals surface area contributed by atoms with Crippen LogP contribution in [0.5, 0.6) is 0 Å². The van der Waals surface area contributed by atoms with E-state index in [4.69, 9.17) is 0 Å². The topological polar surface area (TPSA) is 35.6 Å². The van der Waals surface area contributed by atoms with Crippen LogP contribution in [0.3, 0.4) is 0 Å². The molecule has 5 heteroatoms. The van der Waals surface area contributed by atoms with Crippen molar-refractivity contribution in [2.45, 2.75) is 6.42 Å². The summed E-state index contributed by atoms with van der Waals surface area (Å²) in [5.74, 6) is 0.0188. The van der Waals surface area contributed by atoms with Crippen LogP contribution in [-0.2, 0) is 0 Å². The minimum atomic E-state index is 0.0188. The lowest BCUT2D eigenvalue weighted by Crippen LogP contribution is -2.47. The Labute approximate surface area is 163 Å². The van der Waals surface area contributed by atoms with E-state index in [0.29, 0.717) is 0 Å². The van der Waals surface area contributed by atoms with Gasteiger partial charge in [-0.25, -0.2) is 0 Å². The molecule has 3 rings (SSSR count). The fraction of sp³-hybridized carbons (Fsp3) is 0.350. The molecule has 2 aromatic carbocycles. The SMILES string of the molecule is O=C(NCCCN1CCN(c2ccccc2)CC1)c1ccc(I)cc1. The third-order valence-electron chi connectivity index (χ3n) is 4.54. The molecule has 0 aromatic heterocycles. The number of anilines is 1. The number of carbonyl (C=O) groups excluding carboxylic acids is 1. The number of halogens is 1. The number of para-hydroxylation sites is 1. The van der Waals surface area contributed by atoms with Crippen LogP contribution in [-0.4, -0.2) is 50.1 Å². The zero-order chi connectivity index (χ0) is 17.5. The molecule has 25 heavy (non-hydrogen) atoms. The van der Waals surface area contributed by atoms with Crippen LogP contribution in [0.25, 0.3) is 0 Å². The first-order valence-corrected chi connectivity index (χ1v) is 9.86. The van der Waals surface area contributed by atoms with Gasteiger partial charge >= 0.3 is 0 Å². The highest BCUT2D eigenvalue weighted by atomic mass is 127. The largest absolute Gasteiger partial charge is 0.369 e. The Balaban J connectivity index is 1.34. The number of nitrogens with one attached hydrogen (secondary N) is 1. The molecule has 1 fully saturated rings. The maximum absolute atomic E-state index is 12.1. The number of carbonyl (C=O) groups is 1. The maximum atomic E-state index is 12.1. The number of nitrogens with zero attached hydrogens (tertiary/aromatic N) is 2. The Morgan fingerprint density at radius 2 is 1.64 bits per heavy atom. The molecule has 1 amide bonds. The average molecular weight is 449 g/mol. The van der Waals surface area contributed by atoms with E-state index in [1.165, 1.54) is 5.69 Å². The van der Waals surface area contributed by atoms with Gasteiger partial charge in [-0.15, -0.1) is 0 Å². The molecular formula is C20H24IN3O. The number of hydrogen-bond donors (Lipinski definition) is 1. The Morgan fingerprint density at radius 1 is 0.960 bits per heavy atom. The molecule has 1 aliphatic heterocycles. The van der Waals surface area contributed by atoms with Crippen molar-refractivity contribution in [3.63, 3.8) is 0 Å². The van der Waals surface area contributed by atoms with E-state index in [0.717, 1.165) is 54.8 Å². The van der Waals surface area contributed by atoms with Crippen LogP contribution in [0.2, 0.25) is 0 Å². The van der Waals surface area contributed by atoms with E-state index < -0.39 is 0 Å². The van der Waals surface area contributed by atoms with Crippen molar-refractivity contribution in [3.8, 4) is 0 Å². The zero-order valence-corrected chi connectivity index (χ0v) is 16.5. The summed E-state index contributed by atoms with van der Waals surface area (Å²) >= 11 is 2.24. The van der Waals surface area contributed by atoms with E-state index in [1.807, 2.05) is 24.3 Å². The molecule has 0 radical (unpaired) electrons. The van der Waals surface area contributed by atoms with E-state index in [-0.39, 0.29) is 5.91 Å². The minimum absolute atomic E-state index is 0.0188. The quantitative estimate of drug-likeness (QED) is 0.544. The van der Waals surface area contributed by atoms with Crippen LogP contribution < -0.4 is 10.2 Å². The molecule has 0 spiro atoms. The minimum Gasteiger partial charge on any atom is -0.369 e. The number of hydrogen-bond acceptors (Lipinski definition) is 3. The van der Waals surface area contributed by atoms with Crippen molar-refractivity contribution < 1.29 is 4.79 Å². The van der Waals surface area contributed by atoms with Crippen molar-refractivity contribution in [1.82, 2.24) is 10.2 Å². The van der Waals surface area contributed by atoms with Crippen molar-refractivity contribution in [2.24, 2.45) is 0 Å². The van der Waals surface area contributed by atoms with E-state index in [2.05, 4.69) is 68.0 Å². The summed E-state index contributed by atoms with van der Waals surface area (Å²) in [6, 6.07) is 18.3. The van der Waals surface area contributed by atoms with Crippen LogP contribution >= 0.6 is 22.6 Å². The van der Waals surface area contributed by atoms with Gasteiger partial charge in [0.15, 0.2) is 0 Å². The van der Waals surface area contributed by atoms with Gasteiger partial charge < -0.3 is 10.2 Å². The monoisotopic (exact) mass is 449 g/mol. The molecule has 2 aromatic rings. The van der Waals surface area contributed by atoms with E-state index in [1.54, 1.807) is 0 Å². The Kier molecular flexibility index (Phi) is 6.69.